The van der Waals surface area contributed by atoms with Crippen molar-refractivity contribution in [1.82, 2.24) is 9.97 Å². The fourth-order valence-corrected chi connectivity index (χ4v) is 1.32. The first-order valence-corrected chi connectivity index (χ1v) is 4.46. The number of aryl methyl sites for hydroxylation is 1. The van der Waals surface area contributed by atoms with Crippen molar-refractivity contribution in [2.75, 3.05) is 0 Å². The molecule has 0 aromatic carbocycles. The molecule has 0 fully saturated rings. The van der Waals surface area contributed by atoms with E-state index in [-0.39, 0.29) is 0 Å². The summed E-state index contributed by atoms with van der Waals surface area (Å²) in [6, 6.07) is 0. The lowest BCUT2D eigenvalue weighted by Gasteiger charge is -2.07. The second kappa shape index (κ2) is 3.77. The molecule has 1 aromatic rings. The molecule has 2 nitrogen and oxygen atoms in total. The Labute approximate surface area is 69.7 Å². The zero-order valence-electron chi connectivity index (χ0n) is 6.91. The first-order chi connectivity index (χ1) is 5.25. The maximum atomic E-state index is 4.19. The molecule has 0 radical (unpaired) electrons. The quantitative estimate of drug-likeness (QED) is 0.631. The molecule has 11 heavy (non-hydrogen) atoms. The van der Waals surface area contributed by atoms with Gasteiger partial charge in [0.25, 0.3) is 0 Å². The van der Waals surface area contributed by atoms with E-state index in [2.05, 4.69) is 33.1 Å². The third-order valence-electron chi connectivity index (χ3n) is 1.65. The van der Waals surface area contributed by atoms with Crippen molar-refractivity contribution < 1.29 is 0 Å². The summed E-state index contributed by atoms with van der Waals surface area (Å²) in [7, 11) is 2.76. The second-order valence-electron chi connectivity index (χ2n) is 2.57. The van der Waals surface area contributed by atoms with Crippen LogP contribution in [0.4, 0.5) is 0 Å². The largest absolute Gasteiger partial charge is 0.244 e. The minimum absolute atomic E-state index is 0.450. The third-order valence-corrected chi connectivity index (χ3v) is 2.01. The highest BCUT2D eigenvalue weighted by Crippen LogP contribution is 2.23. The van der Waals surface area contributed by atoms with E-state index in [4.69, 9.17) is 0 Å². The first kappa shape index (κ1) is 8.61. The molecule has 0 spiro atoms. The summed E-state index contributed by atoms with van der Waals surface area (Å²) in [5, 5.41) is 0. The minimum Gasteiger partial charge on any atom is -0.244 e. The summed E-state index contributed by atoms with van der Waals surface area (Å²) in [5.41, 5.74) is 2.84. The molecule has 0 saturated heterocycles. The summed E-state index contributed by atoms with van der Waals surface area (Å²) in [6.45, 7) is 4.24. The maximum absolute atomic E-state index is 4.19. The van der Waals surface area contributed by atoms with Gasteiger partial charge in [-0.15, -0.1) is 9.24 Å². The lowest BCUT2D eigenvalue weighted by atomic mass is 10.1. The lowest BCUT2D eigenvalue weighted by molar-refractivity contribution is 0.920. The highest BCUT2D eigenvalue weighted by atomic mass is 31.0. The van der Waals surface area contributed by atoms with Crippen LogP contribution in [-0.2, 0) is 6.42 Å². The van der Waals surface area contributed by atoms with Gasteiger partial charge >= 0.3 is 0 Å². The average Bonchev–Trinajstić information content (AvgIpc) is 2.04. The van der Waals surface area contributed by atoms with Crippen LogP contribution in [0.15, 0.2) is 12.5 Å². The van der Waals surface area contributed by atoms with Crippen molar-refractivity contribution in [2.45, 2.75) is 25.9 Å². The third kappa shape index (κ3) is 1.97. The van der Waals surface area contributed by atoms with Gasteiger partial charge in [0.15, 0.2) is 0 Å². The Hall–Kier alpha value is -0.490. The average molecular weight is 168 g/mol. The molecule has 0 bridgehead atoms. The molecular weight excluding hydrogens is 155 g/mol. The normalized spacial score (nSPS) is 13.0. The van der Waals surface area contributed by atoms with E-state index in [0.717, 1.165) is 12.1 Å². The first-order valence-electron chi connectivity index (χ1n) is 3.80. The second-order valence-corrected chi connectivity index (χ2v) is 3.57. The van der Waals surface area contributed by atoms with Gasteiger partial charge in [0.05, 0.1) is 0 Å². The molecule has 3 heteroatoms. The Morgan fingerprint density at radius 2 is 2.36 bits per heavy atom. The van der Waals surface area contributed by atoms with E-state index in [1.807, 2.05) is 6.20 Å². The molecule has 1 rings (SSSR count). The van der Waals surface area contributed by atoms with Crippen LogP contribution in [0.1, 0.15) is 30.8 Å². The standard InChI is InChI=1S/C8H13N2P/c1-3-8-7(6(2)11)4-9-5-10-8/h4-6H,3,11H2,1-2H3. The molecule has 2 atom stereocenters. The molecule has 1 heterocycles. The van der Waals surface area contributed by atoms with Crippen molar-refractivity contribution in [3.63, 3.8) is 0 Å². The maximum Gasteiger partial charge on any atom is 0.115 e. The van der Waals surface area contributed by atoms with Gasteiger partial charge < -0.3 is 0 Å². The summed E-state index contributed by atoms with van der Waals surface area (Å²) in [5.74, 6) is 0. The Kier molecular flexibility index (Phi) is 2.95. The van der Waals surface area contributed by atoms with Gasteiger partial charge in [-0.2, -0.15) is 0 Å². The molecule has 2 unspecified atom stereocenters. The van der Waals surface area contributed by atoms with Gasteiger partial charge in [-0.05, 0) is 17.6 Å². The van der Waals surface area contributed by atoms with E-state index in [0.29, 0.717) is 5.66 Å². The van der Waals surface area contributed by atoms with E-state index in [9.17, 15) is 0 Å². The highest BCUT2D eigenvalue weighted by Gasteiger charge is 2.04. The SMILES string of the molecule is CCc1ncncc1C(C)P. The fraction of sp³-hybridized carbons (Fsp3) is 0.500. The van der Waals surface area contributed by atoms with E-state index < -0.39 is 0 Å². The Morgan fingerprint density at radius 3 is 2.82 bits per heavy atom. The van der Waals surface area contributed by atoms with Crippen LogP contribution < -0.4 is 0 Å². The number of aromatic nitrogens is 2. The predicted octanol–water partition coefficient (Wildman–Crippen LogP) is 1.98. The van der Waals surface area contributed by atoms with Crippen LogP contribution in [0.2, 0.25) is 0 Å². The zero-order valence-corrected chi connectivity index (χ0v) is 8.07. The molecule has 0 amide bonds. The Bertz CT molecular complexity index is 235. The van der Waals surface area contributed by atoms with Crippen LogP contribution in [0.3, 0.4) is 0 Å². The molecule has 1 aromatic heterocycles. The van der Waals surface area contributed by atoms with E-state index in [1.165, 1.54) is 5.56 Å². The van der Waals surface area contributed by atoms with Crippen LogP contribution in [0.5, 0.6) is 0 Å². The van der Waals surface area contributed by atoms with Crippen molar-refractivity contribution >= 4 is 9.24 Å². The van der Waals surface area contributed by atoms with Crippen molar-refractivity contribution in [1.29, 1.82) is 0 Å². The fourth-order valence-electron chi connectivity index (χ4n) is 1.04. The Balaban J connectivity index is 3.02. The predicted molar refractivity (Wildman–Crippen MR) is 49.5 cm³/mol. The van der Waals surface area contributed by atoms with Crippen LogP contribution in [0.25, 0.3) is 0 Å². The number of hydrogen-bond donors (Lipinski definition) is 0. The molecule has 0 saturated carbocycles. The van der Waals surface area contributed by atoms with Crippen LogP contribution in [-0.4, -0.2) is 9.97 Å². The zero-order chi connectivity index (χ0) is 8.27. The van der Waals surface area contributed by atoms with Gasteiger partial charge in [-0.1, -0.05) is 13.8 Å². The van der Waals surface area contributed by atoms with Crippen molar-refractivity contribution in [3.8, 4) is 0 Å². The summed E-state index contributed by atoms with van der Waals surface area (Å²) < 4.78 is 0. The van der Waals surface area contributed by atoms with Crippen LogP contribution >= 0.6 is 9.24 Å². The van der Waals surface area contributed by atoms with E-state index in [1.54, 1.807) is 6.33 Å². The Morgan fingerprint density at radius 1 is 1.64 bits per heavy atom. The van der Waals surface area contributed by atoms with Gasteiger partial charge in [0, 0.05) is 11.9 Å². The van der Waals surface area contributed by atoms with Gasteiger partial charge in [-0.25, -0.2) is 9.97 Å². The smallest absolute Gasteiger partial charge is 0.115 e. The van der Waals surface area contributed by atoms with Gasteiger partial charge in [-0.3, -0.25) is 0 Å². The summed E-state index contributed by atoms with van der Waals surface area (Å²) >= 11 is 0. The lowest BCUT2D eigenvalue weighted by Crippen LogP contribution is -1.97. The molecular formula is C8H13N2P. The monoisotopic (exact) mass is 168 g/mol. The molecule has 0 aliphatic carbocycles. The van der Waals surface area contributed by atoms with Crippen molar-refractivity contribution in [3.05, 3.63) is 23.8 Å². The number of rotatable bonds is 2. The van der Waals surface area contributed by atoms with E-state index >= 15 is 0 Å². The molecule has 60 valence electrons. The summed E-state index contributed by atoms with van der Waals surface area (Å²) in [6.07, 6.45) is 4.48. The highest BCUT2D eigenvalue weighted by molar-refractivity contribution is 7.17. The summed E-state index contributed by atoms with van der Waals surface area (Å²) in [4.78, 5) is 8.18. The number of hydrogen-bond acceptors (Lipinski definition) is 2. The molecule has 0 aliphatic rings. The minimum atomic E-state index is 0.450. The van der Waals surface area contributed by atoms with Gasteiger partial charge in [0.2, 0.25) is 0 Å². The van der Waals surface area contributed by atoms with Crippen LogP contribution in [0, 0.1) is 0 Å². The molecule has 0 N–H and O–H groups in total. The van der Waals surface area contributed by atoms with Gasteiger partial charge in [0.1, 0.15) is 6.33 Å². The topological polar surface area (TPSA) is 25.8 Å². The molecule has 0 aliphatic heterocycles. The van der Waals surface area contributed by atoms with Crippen molar-refractivity contribution in [2.24, 2.45) is 0 Å². The number of nitrogens with zero attached hydrogens (tertiary/aromatic N) is 2.